The number of nitrogens with one attached hydrogen (secondary N) is 1. The third-order valence-electron chi connectivity index (χ3n) is 3.16. The fourth-order valence-corrected chi connectivity index (χ4v) is 2.67. The molecule has 0 fully saturated rings. The van der Waals surface area contributed by atoms with Crippen LogP contribution in [0.5, 0.6) is 5.75 Å². The molecular formula is C13H20N2O5S. The van der Waals surface area contributed by atoms with Gasteiger partial charge < -0.3 is 14.7 Å². The highest BCUT2D eigenvalue weighted by Gasteiger charge is 2.20. The summed E-state index contributed by atoms with van der Waals surface area (Å²) in [7, 11) is 1.25. The molecule has 0 aliphatic rings. The molecule has 0 aromatic heterocycles. The number of aromatic carboxylic acids is 1. The third kappa shape index (κ3) is 4.42. The predicted molar refractivity (Wildman–Crippen MR) is 78.3 cm³/mol. The lowest BCUT2D eigenvalue weighted by Crippen LogP contribution is -2.38. The van der Waals surface area contributed by atoms with E-state index in [-0.39, 0.29) is 28.8 Å². The SMILES string of the molecule is COc1ccc(S(=O)(=O)NCC(C)N(C)C)cc1C(=O)O. The van der Waals surface area contributed by atoms with Crippen LogP contribution in [-0.4, -0.2) is 58.2 Å². The van der Waals surface area contributed by atoms with Crippen molar-refractivity contribution in [2.45, 2.75) is 17.9 Å². The third-order valence-corrected chi connectivity index (χ3v) is 4.58. The topological polar surface area (TPSA) is 95.9 Å². The fourth-order valence-electron chi connectivity index (χ4n) is 1.52. The summed E-state index contributed by atoms with van der Waals surface area (Å²) in [4.78, 5) is 12.9. The van der Waals surface area contributed by atoms with E-state index in [2.05, 4.69) is 4.72 Å². The average molecular weight is 316 g/mol. The number of carboxylic acid groups (broad SMARTS) is 1. The van der Waals surface area contributed by atoms with Gasteiger partial charge in [0.1, 0.15) is 11.3 Å². The quantitative estimate of drug-likeness (QED) is 0.765. The van der Waals surface area contributed by atoms with Gasteiger partial charge in [-0.25, -0.2) is 17.9 Å². The highest BCUT2D eigenvalue weighted by Crippen LogP contribution is 2.22. The molecule has 8 heteroatoms. The van der Waals surface area contributed by atoms with Gasteiger partial charge in [0.2, 0.25) is 10.0 Å². The van der Waals surface area contributed by atoms with Crippen molar-refractivity contribution in [1.29, 1.82) is 0 Å². The van der Waals surface area contributed by atoms with Crippen LogP contribution in [0.3, 0.4) is 0 Å². The van der Waals surface area contributed by atoms with Crippen LogP contribution in [0.15, 0.2) is 23.1 Å². The van der Waals surface area contributed by atoms with Crippen LogP contribution in [0.2, 0.25) is 0 Å². The number of carbonyl (C=O) groups is 1. The fraction of sp³-hybridized carbons (Fsp3) is 0.462. The van der Waals surface area contributed by atoms with Crippen LogP contribution in [0.1, 0.15) is 17.3 Å². The minimum atomic E-state index is -3.77. The summed E-state index contributed by atoms with van der Waals surface area (Å²) in [5.74, 6) is -1.13. The molecule has 0 saturated carbocycles. The van der Waals surface area contributed by atoms with Gasteiger partial charge in [0.25, 0.3) is 0 Å². The van der Waals surface area contributed by atoms with Gasteiger partial charge in [0.15, 0.2) is 0 Å². The molecule has 7 nitrogen and oxygen atoms in total. The maximum Gasteiger partial charge on any atom is 0.339 e. The second kappa shape index (κ2) is 6.88. The van der Waals surface area contributed by atoms with Crippen LogP contribution in [-0.2, 0) is 10.0 Å². The van der Waals surface area contributed by atoms with Gasteiger partial charge in [-0.2, -0.15) is 0 Å². The molecule has 1 aromatic carbocycles. The first-order valence-electron chi connectivity index (χ1n) is 6.26. The Balaban J connectivity index is 3.04. The summed E-state index contributed by atoms with van der Waals surface area (Å²) in [5, 5.41) is 9.08. The smallest absolute Gasteiger partial charge is 0.339 e. The minimum absolute atomic E-state index is 0.0111. The van der Waals surface area contributed by atoms with Crippen LogP contribution < -0.4 is 9.46 Å². The van der Waals surface area contributed by atoms with E-state index in [1.807, 2.05) is 25.9 Å². The number of hydrogen-bond acceptors (Lipinski definition) is 5. The van der Waals surface area contributed by atoms with E-state index in [0.717, 1.165) is 6.07 Å². The van der Waals surface area contributed by atoms with Gasteiger partial charge in [-0.15, -0.1) is 0 Å². The number of rotatable bonds is 7. The molecule has 0 aliphatic heterocycles. The van der Waals surface area contributed by atoms with Gasteiger partial charge in [0.05, 0.1) is 12.0 Å². The van der Waals surface area contributed by atoms with Crippen LogP contribution >= 0.6 is 0 Å². The van der Waals surface area contributed by atoms with E-state index >= 15 is 0 Å². The number of methoxy groups -OCH3 is 1. The molecule has 0 amide bonds. The largest absolute Gasteiger partial charge is 0.496 e. The summed E-state index contributed by atoms with van der Waals surface area (Å²) >= 11 is 0. The lowest BCUT2D eigenvalue weighted by molar-refractivity contribution is 0.0693. The van der Waals surface area contributed by atoms with Crippen LogP contribution in [0.4, 0.5) is 0 Å². The molecule has 21 heavy (non-hydrogen) atoms. The Morgan fingerprint density at radius 2 is 2.05 bits per heavy atom. The second-order valence-electron chi connectivity index (χ2n) is 4.83. The van der Waals surface area contributed by atoms with Crippen molar-refractivity contribution < 1.29 is 23.1 Å². The number of nitrogens with zero attached hydrogens (tertiary/aromatic N) is 1. The molecule has 0 aliphatic carbocycles. The Hall–Kier alpha value is -1.64. The van der Waals surface area contributed by atoms with E-state index in [1.165, 1.54) is 19.2 Å². The Morgan fingerprint density at radius 1 is 1.43 bits per heavy atom. The van der Waals surface area contributed by atoms with Gasteiger partial charge >= 0.3 is 5.97 Å². The molecule has 1 aromatic rings. The van der Waals surface area contributed by atoms with Crippen molar-refractivity contribution in [3.05, 3.63) is 23.8 Å². The van der Waals surface area contributed by atoms with E-state index in [9.17, 15) is 13.2 Å². The van der Waals surface area contributed by atoms with E-state index < -0.39 is 16.0 Å². The predicted octanol–water partition coefficient (Wildman–Crippen LogP) is 0.622. The monoisotopic (exact) mass is 316 g/mol. The Kier molecular flexibility index (Phi) is 5.70. The van der Waals surface area contributed by atoms with Crippen molar-refractivity contribution >= 4 is 16.0 Å². The normalized spacial score (nSPS) is 13.2. The van der Waals surface area contributed by atoms with Gasteiger partial charge in [0, 0.05) is 12.6 Å². The molecule has 2 N–H and O–H groups in total. The summed E-state index contributed by atoms with van der Waals surface area (Å²) in [5.41, 5.74) is -0.193. The van der Waals surface area contributed by atoms with Crippen molar-refractivity contribution in [2.24, 2.45) is 0 Å². The first-order valence-corrected chi connectivity index (χ1v) is 7.74. The Morgan fingerprint density at radius 3 is 2.52 bits per heavy atom. The molecule has 1 unspecified atom stereocenters. The Bertz CT molecular complexity index is 613. The van der Waals surface area contributed by atoms with Crippen molar-refractivity contribution in [2.75, 3.05) is 27.7 Å². The standard InChI is InChI=1S/C13H20N2O5S/c1-9(15(2)3)8-14-21(18,19)10-5-6-12(20-4)11(7-10)13(16)17/h5-7,9,14H,8H2,1-4H3,(H,16,17). The van der Waals surface area contributed by atoms with Crippen molar-refractivity contribution in [3.8, 4) is 5.75 Å². The zero-order valence-corrected chi connectivity index (χ0v) is 13.3. The average Bonchev–Trinajstić information content (AvgIpc) is 2.43. The summed E-state index contributed by atoms with van der Waals surface area (Å²) in [6.45, 7) is 2.10. The molecule has 0 spiro atoms. The van der Waals surface area contributed by atoms with Gasteiger partial charge in [-0.05, 0) is 39.2 Å². The molecule has 0 bridgehead atoms. The molecule has 0 heterocycles. The highest BCUT2D eigenvalue weighted by atomic mass is 32.2. The summed E-state index contributed by atoms with van der Waals surface area (Å²) in [6, 6.07) is 3.74. The summed E-state index contributed by atoms with van der Waals surface area (Å²) in [6.07, 6.45) is 0. The van der Waals surface area contributed by atoms with Crippen LogP contribution in [0.25, 0.3) is 0 Å². The van der Waals surface area contributed by atoms with Crippen molar-refractivity contribution in [1.82, 2.24) is 9.62 Å². The van der Waals surface area contributed by atoms with Gasteiger partial charge in [-0.3, -0.25) is 0 Å². The highest BCUT2D eigenvalue weighted by molar-refractivity contribution is 7.89. The van der Waals surface area contributed by atoms with Crippen molar-refractivity contribution in [3.63, 3.8) is 0 Å². The number of carboxylic acids is 1. The molecule has 118 valence electrons. The molecular weight excluding hydrogens is 296 g/mol. The van der Waals surface area contributed by atoms with E-state index in [1.54, 1.807) is 0 Å². The number of ether oxygens (including phenoxy) is 1. The van der Waals surface area contributed by atoms with E-state index in [0.29, 0.717) is 0 Å². The zero-order valence-electron chi connectivity index (χ0n) is 12.5. The zero-order chi connectivity index (χ0) is 16.2. The maximum absolute atomic E-state index is 12.2. The number of likely N-dealkylation sites (N-methyl/N-ethyl adjacent to an activating group) is 1. The minimum Gasteiger partial charge on any atom is -0.496 e. The first-order chi connectivity index (χ1) is 9.69. The van der Waals surface area contributed by atoms with Crippen LogP contribution in [0, 0.1) is 0 Å². The van der Waals surface area contributed by atoms with E-state index in [4.69, 9.17) is 9.84 Å². The number of benzene rings is 1. The van der Waals surface area contributed by atoms with Gasteiger partial charge in [-0.1, -0.05) is 0 Å². The lowest BCUT2D eigenvalue weighted by Gasteiger charge is -2.20. The molecule has 0 radical (unpaired) electrons. The summed E-state index contributed by atoms with van der Waals surface area (Å²) < 4.78 is 31.7. The first kappa shape index (κ1) is 17.4. The number of hydrogen-bond donors (Lipinski definition) is 2. The maximum atomic E-state index is 12.2. The Labute approximate surface area is 124 Å². The molecule has 0 saturated heterocycles. The lowest BCUT2D eigenvalue weighted by atomic mass is 10.2. The molecule has 1 atom stereocenters. The number of sulfonamides is 1. The molecule has 1 rings (SSSR count). The second-order valence-corrected chi connectivity index (χ2v) is 6.60.